The summed E-state index contributed by atoms with van der Waals surface area (Å²) in [6.45, 7) is 7.88. The van der Waals surface area contributed by atoms with E-state index in [1.54, 1.807) is 0 Å². The standard InChI is InChI=1S/C12H20BrN3.ClH/c1-9(2)12(3,8-14)16-7-11-5-4-10(13)6-15-11;/h4-6,9,16H,7-8,14H2,1-3H3;1H. The first-order valence-corrected chi connectivity index (χ1v) is 6.33. The first kappa shape index (κ1) is 16.8. The van der Waals surface area contributed by atoms with Gasteiger partial charge in [-0.1, -0.05) is 13.8 Å². The molecule has 1 aromatic heterocycles. The molecule has 0 bridgehead atoms. The van der Waals surface area contributed by atoms with E-state index in [-0.39, 0.29) is 17.9 Å². The molecule has 98 valence electrons. The fourth-order valence-electron chi connectivity index (χ4n) is 1.32. The van der Waals surface area contributed by atoms with E-state index in [2.05, 4.69) is 47.0 Å². The summed E-state index contributed by atoms with van der Waals surface area (Å²) < 4.78 is 1.00. The van der Waals surface area contributed by atoms with Gasteiger partial charge in [-0.25, -0.2) is 0 Å². The van der Waals surface area contributed by atoms with Crippen LogP contribution in [0, 0.1) is 5.92 Å². The number of nitrogens with one attached hydrogen (secondary N) is 1. The third kappa shape index (κ3) is 4.92. The van der Waals surface area contributed by atoms with Crippen molar-refractivity contribution in [2.24, 2.45) is 11.7 Å². The molecule has 1 atom stereocenters. The molecule has 0 amide bonds. The Hall–Kier alpha value is -0.160. The molecule has 0 saturated carbocycles. The molecular weight excluding hydrogens is 302 g/mol. The van der Waals surface area contributed by atoms with Crippen LogP contribution >= 0.6 is 28.3 Å². The molecular formula is C12H21BrClN3. The number of halogens is 2. The largest absolute Gasteiger partial charge is 0.329 e. The molecule has 1 aromatic rings. The Labute approximate surface area is 118 Å². The Morgan fingerprint density at radius 1 is 1.47 bits per heavy atom. The first-order chi connectivity index (χ1) is 7.48. The lowest BCUT2D eigenvalue weighted by atomic mass is 9.88. The molecule has 5 heteroatoms. The van der Waals surface area contributed by atoms with Gasteiger partial charge in [0.25, 0.3) is 0 Å². The average Bonchev–Trinajstić information content (AvgIpc) is 2.27. The quantitative estimate of drug-likeness (QED) is 0.876. The number of rotatable bonds is 5. The van der Waals surface area contributed by atoms with Crippen molar-refractivity contribution in [1.82, 2.24) is 10.3 Å². The van der Waals surface area contributed by atoms with Gasteiger partial charge < -0.3 is 11.1 Å². The molecule has 1 heterocycles. The Morgan fingerprint density at radius 3 is 2.53 bits per heavy atom. The van der Waals surface area contributed by atoms with Gasteiger partial charge in [-0.15, -0.1) is 12.4 Å². The molecule has 0 fully saturated rings. The second-order valence-corrected chi connectivity index (χ2v) is 5.51. The van der Waals surface area contributed by atoms with E-state index in [0.29, 0.717) is 12.5 Å². The van der Waals surface area contributed by atoms with E-state index in [0.717, 1.165) is 16.7 Å². The number of hydrogen-bond acceptors (Lipinski definition) is 3. The minimum Gasteiger partial charge on any atom is -0.329 e. The minimum atomic E-state index is -0.0330. The smallest absolute Gasteiger partial charge is 0.0542 e. The van der Waals surface area contributed by atoms with Crippen molar-refractivity contribution in [3.63, 3.8) is 0 Å². The summed E-state index contributed by atoms with van der Waals surface area (Å²) in [7, 11) is 0. The zero-order valence-corrected chi connectivity index (χ0v) is 12.9. The van der Waals surface area contributed by atoms with Crippen molar-refractivity contribution in [2.75, 3.05) is 6.54 Å². The third-order valence-electron chi connectivity index (χ3n) is 3.16. The SMILES string of the molecule is CC(C)C(C)(CN)NCc1ccc(Br)cn1.Cl. The van der Waals surface area contributed by atoms with Gasteiger partial charge in [0.05, 0.1) is 5.69 Å². The molecule has 0 aliphatic carbocycles. The lowest BCUT2D eigenvalue weighted by Crippen LogP contribution is -2.52. The predicted octanol–water partition coefficient (Wildman–Crippen LogP) is 2.73. The second kappa shape index (κ2) is 7.31. The average molecular weight is 323 g/mol. The molecule has 17 heavy (non-hydrogen) atoms. The van der Waals surface area contributed by atoms with Crippen LogP contribution in [0.1, 0.15) is 26.5 Å². The lowest BCUT2D eigenvalue weighted by molar-refractivity contribution is 0.266. The highest BCUT2D eigenvalue weighted by molar-refractivity contribution is 9.10. The minimum absolute atomic E-state index is 0. The van der Waals surface area contributed by atoms with E-state index in [4.69, 9.17) is 5.73 Å². The second-order valence-electron chi connectivity index (χ2n) is 4.60. The molecule has 0 aliphatic rings. The van der Waals surface area contributed by atoms with Crippen LogP contribution in [0.25, 0.3) is 0 Å². The van der Waals surface area contributed by atoms with E-state index in [1.807, 2.05) is 18.3 Å². The lowest BCUT2D eigenvalue weighted by Gasteiger charge is -2.33. The molecule has 0 aromatic carbocycles. The maximum Gasteiger partial charge on any atom is 0.0542 e. The molecule has 0 saturated heterocycles. The van der Waals surface area contributed by atoms with Gasteiger partial charge in [0.2, 0.25) is 0 Å². The van der Waals surface area contributed by atoms with Gasteiger partial charge in [0.1, 0.15) is 0 Å². The van der Waals surface area contributed by atoms with Crippen LogP contribution < -0.4 is 11.1 Å². The topological polar surface area (TPSA) is 50.9 Å². The number of nitrogens with two attached hydrogens (primary N) is 1. The van der Waals surface area contributed by atoms with Crippen LogP contribution in [0.5, 0.6) is 0 Å². The highest BCUT2D eigenvalue weighted by Gasteiger charge is 2.25. The summed E-state index contributed by atoms with van der Waals surface area (Å²) in [6, 6.07) is 4.01. The summed E-state index contributed by atoms with van der Waals surface area (Å²) in [5.41, 5.74) is 6.80. The monoisotopic (exact) mass is 321 g/mol. The summed E-state index contributed by atoms with van der Waals surface area (Å²) in [4.78, 5) is 4.32. The number of aromatic nitrogens is 1. The van der Waals surface area contributed by atoms with Crippen LogP contribution in [0.15, 0.2) is 22.8 Å². The molecule has 1 unspecified atom stereocenters. The van der Waals surface area contributed by atoms with Crippen molar-refractivity contribution < 1.29 is 0 Å². The normalized spacial score (nSPS) is 14.2. The van der Waals surface area contributed by atoms with Gasteiger partial charge in [-0.05, 0) is 40.9 Å². The number of hydrogen-bond donors (Lipinski definition) is 2. The summed E-state index contributed by atoms with van der Waals surface area (Å²) >= 11 is 3.37. The zero-order valence-electron chi connectivity index (χ0n) is 10.5. The molecule has 0 spiro atoms. The molecule has 3 N–H and O–H groups in total. The van der Waals surface area contributed by atoms with Gasteiger partial charge in [-0.3, -0.25) is 4.98 Å². The van der Waals surface area contributed by atoms with Crippen LogP contribution in [-0.2, 0) is 6.54 Å². The van der Waals surface area contributed by atoms with Gasteiger partial charge in [-0.2, -0.15) is 0 Å². The van der Waals surface area contributed by atoms with E-state index in [9.17, 15) is 0 Å². The van der Waals surface area contributed by atoms with E-state index >= 15 is 0 Å². The van der Waals surface area contributed by atoms with Gasteiger partial charge >= 0.3 is 0 Å². The van der Waals surface area contributed by atoms with Crippen molar-refractivity contribution in [3.05, 3.63) is 28.5 Å². The highest BCUT2D eigenvalue weighted by Crippen LogP contribution is 2.15. The van der Waals surface area contributed by atoms with E-state index in [1.165, 1.54) is 0 Å². The molecule has 1 rings (SSSR count). The summed E-state index contributed by atoms with van der Waals surface area (Å²) in [6.07, 6.45) is 1.81. The van der Waals surface area contributed by atoms with Crippen LogP contribution in [0.4, 0.5) is 0 Å². The summed E-state index contributed by atoms with van der Waals surface area (Å²) in [5, 5.41) is 3.48. The zero-order chi connectivity index (χ0) is 12.2. The molecule has 3 nitrogen and oxygen atoms in total. The van der Waals surface area contributed by atoms with Gasteiger partial charge in [0, 0.05) is 29.3 Å². The summed E-state index contributed by atoms with van der Waals surface area (Å²) in [5.74, 6) is 0.493. The van der Waals surface area contributed by atoms with Crippen molar-refractivity contribution in [3.8, 4) is 0 Å². The Morgan fingerprint density at radius 2 is 2.12 bits per heavy atom. The van der Waals surface area contributed by atoms with Crippen molar-refractivity contribution >= 4 is 28.3 Å². The Balaban J connectivity index is 0.00000256. The van der Waals surface area contributed by atoms with Gasteiger partial charge in [0.15, 0.2) is 0 Å². The number of pyridine rings is 1. The van der Waals surface area contributed by atoms with Crippen molar-refractivity contribution in [2.45, 2.75) is 32.9 Å². The predicted molar refractivity (Wildman–Crippen MR) is 78.3 cm³/mol. The maximum absolute atomic E-state index is 5.81. The maximum atomic E-state index is 5.81. The Bertz CT molecular complexity index is 329. The first-order valence-electron chi connectivity index (χ1n) is 5.53. The van der Waals surface area contributed by atoms with Crippen LogP contribution in [0.3, 0.4) is 0 Å². The highest BCUT2D eigenvalue weighted by atomic mass is 79.9. The molecule has 0 radical (unpaired) electrons. The number of nitrogens with zero attached hydrogens (tertiary/aromatic N) is 1. The van der Waals surface area contributed by atoms with E-state index < -0.39 is 0 Å². The molecule has 0 aliphatic heterocycles. The van der Waals surface area contributed by atoms with Crippen LogP contribution in [0.2, 0.25) is 0 Å². The fraction of sp³-hybridized carbons (Fsp3) is 0.583. The Kier molecular flexibility index (Phi) is 7.24. The third-order valence-corrected chi connectivity index (χ3v) is 3.63. The van der Waals surface area contributed by atoms with Crippen LogP contribution in [-0.4, -0.2) is 17.1 Å². The fourth-order valence-corrected chi connectivity index (χ4v) is 1.55. The van der Waals surface area contributed by atoms with Crippen molar-refractivity contribution in [1.29, 1.82) is 0 Å².